The Bertz CT molecular complexity index is 924. The number of anilines is 2. The molecule has 2 aromatic carbocycles. The summed E-state index contributed by atoms with van der Waals surface area (Å²) in [5.41, 5.74) is 1.23. The Balaban J connectivity index is 1.61. The predicted molar refractivity (Wildman–Crippen MR) is 102 cm³/mol. The summed E-state index contributed by atoms with van der Waals surface area (Å²) in [6.07, 6.45) is -2.85. The highest BCUT2D eigenvalue weighted by Crippen LogP contribution is 2.29. The van der Waals surface area contributed by atoms with Crippen LogP contribution >= 0.6 is 0 Å². The molecule has 4 nitrogen and oxygen atoms in total. The van der Waals surface area contributed by atoms with Gasteiger partial charge >= 0.3 is 6.18 Å². The Morgan fingerprint density at radius 1 is 0.964 bits per heavy atom. The van der Waals surface area contributed by atoms with Crippen LogP contribution in [0.2, 0.25) is 0 Å². The van der Waals surface area contributed by atoms with Crippen molar-refractivity contribution < 1.29 is 18.0 Å². The second-order valence-corrected chi connectivity index (χ2v) is 6.24. The third-order valence-electron chi connectivity index (χ3n) is 4.16. The van der Waals surface area contributed by atoms with Crippen molar-refractivity contribution in [1.29, 1.82) is 0 Å². The normalized spacial score (nSPS) is 12.3. The maximum atomic E-state index is 12.6. The maximum Gasteiger partial charge on any atom is 0.416 e. The zero-order chi connectivity index (χ0) is 20.1. The molecule has 0 saturated heterocycles. The number of pyridine rings is 1. The van der Waals surface area contributed by atoms with Gasteiger partial charge < -0.3 is 10.6 Å². The van der Waals surface area contributed by atoms with Crippen LogP contribution in [0.15, 0.2) is 72.9 Å². The third kappa shape index (κ3) is 4.88. The van der Waals surface area contributed by atoms with Crippen LogP contribution in [0.3, 0.4) is 0 Å². The van der Waals surface area contributed by atoms with E-state index in [1.54, 1.807) is 18.3 Å². The van der Waals surface area contributed by atoms with Crippen molar-refractivity contribution in [3.63, 3.8) is 0 Å². The van der Waals surface area contributed by atoms with Crippen LogP contribution in [-0.4, -0.2) is 10.9 Å². The molecule has 28 heavy (non-hydrogen) atoms. The maximum absolute atomic E-state index is 12.6. The van der Waals surface area contributed by atoms with Gasteiger partial charge in [-0.3, -0.25) is 4.79 Å². The highest BCUT2D eigenvalue weighted by atomic mass is 19.4. The molecule has 144 valence electrons. The summed E-state index contributed by atoms with van der Waals surface area (Å²) in [6, 6.07) is 17.4. The minimum Gasteiger partial charge on any atom is -0.377 e. The first-order valence-electron chi connectivity index (χ1n) is 8.59. The molecular formula is C21H18F3N3O. The van der Waals surface area contributed by atoms with E-state index in [9.17, 15) is 18.0 Å². The van der Waals surface area contributed by atoms with E-state index >= 15 is 0 Å². The van der Waals surface area contributed by atoms with Gasteiger partial charge in [0.15, 0.2) is 0 Å². The molecule has 7 heteroatoms. The Morgan fingerprint density at radius 3 is 2.21 bits per heavy atom. The number of amides is 1. The van der Waals surface area contributed by atoms with Crippen LogP contribution in [0, 0.1) is 0 Å². The summed E-state index contributed by atoms with van der Waals surface area (Å²) < 4.78 is 37.8. The van der Waals surface area contributed by atoms with Crippen molar-refractivity contribution in [3.05, 3.63) is 89.6 Å². The first kappa shape index (κ1) is 19.4. The van der Waals surface area contributed by atoms with Gasteiger partial charge in [-0.15, -0.1) is 0 Å². The molecule has 1 unspecified atom stereocenters. The summed E-state index contributed by atoms with van der Waals surface area (Å²) in [7, 11) is 0. The van der Waals surface area contributed by atoms with Crippen molar-refractivity contribution in [2.45, 2.75) is 19.1 Å². The number of nitrogens with zero attached hydrogens (tertiary/aromatic N) is 1. The summed E-state index contributed by atoms with van der Waals surface area (Å²) >= 11 is 0. The van der Waals surface area contributed by atoms with Crippen molar-refractivity contribution in [2.75, 3.05) is 10.6 Å². The monoisotopic (exact) mass is 385 g/mol. The van der Waals surface area contributed by atoms with Gasteiger partial charge in [0.2, 0.25) is 0 Å². The van der Waals surface area contributed by atoms with Crippen LogP contribution < -0.4 is 10.6 Å². The van der Waals surface area contributed by atoms with Crippen molar-refractivity contribution in [1.82, 2.24) is 4.98 Å². The third-order valence-corrected chi connectivity index (χ3v) is 4.16. The van der Waals surface area contributed by atoms with E-state index in [1.165, 1.54) is 0 Å². The number of hydrogen-bond acceptors (Lipinski definition) is 3. The zero-order valence-electron chi connectivity index (χ0n) is 15.0. The standard InChI is InChI=1S/C21H18F3N3O/c1-14(15-5-3-2-4-6-15)26-18-11-12-19(25-13-18)27-20(28)16-7-9-17(10-8-16)21(22,23)24/h2-14,26H,1H3,(H,25,27,28). The van der Waals surface area contributed by atoms with E-state index < -0.39 is 17.6 Å². The van der Waals surface area contributed by atoms with Crippen LogP contribution in [0.25, 0.3) is 0 Å². The lowest BCUT2D eigenvalue weighted by Gasteiger charge is -2.15. The molecule has 0 saturated carbocycles. The first-order chi connectivity index (χ1) is 13.3. The lowest BCUT2D eigenvalue weighted by atomic mass is 10.1. The summed E-state index contributed by atoms with van der Waals surface area (Å²) in [5, 5.41) is 5.88. The van der Waals surface area contributed by atoms with Crippen LogP contribution in [0.1, 0.15) is 34.5 Å². The number of nitrogens with one attached hydrogen (secondary N) is 2. The molecule has 0 radical (unpaired) electrons. The van der Waals surface area contributed by atoms with Crippen molar-refractivity contribution in [3.8, 4) is 0 Å². The molecule has 2 N–H and O–H groups in total. The van der Waals surface area contributed by atoms with E-state index in [0.29, 0.717) is 5.82 Å². The lowest BCUT2D eigenvalue weighted by molar-refractivity contribution is -0.137. The molecule has 1 amide bonds. The molecule has 3 rings (SSSR count). The van der Waals surface area contributed by atoms with Gasteiger partial charge in [-0.05, 0) is 48.9 Å². The van der Waals surface area contributed by atoms with Gasteiger partial charge in [0.25, 0.3) is 5.91 Å². The molecule has 1 heterocycles. The average molecular weight is 385 g/mol. The van der Waals surface area contributed by atoms with Gasteiger partial charge in [0.1, 0.15) is 5.82 Å². The first-order valence-corrected chi connectivity index (χ1v) is 8.59. The highest BCUT2D eigenvalue weighted by Gasteiger charge is 2.30. The van der Waals surface area contributed by atoms with Gasteiger partial charge in [-0.25, -0.2) is 4.98 Å². The summed E-state index contributed by atoms with van der Waals surface area (Å²) in [5.74, 6) is -0.220. The fourth-order valence-electron chi connectivity index (χ4n) is 2.63. The van der Waals surface area contributed by atoms with Gasteiger partial charge in [0.05, 0.1) is 17.4 Å². The molecule has 0 fully saturated rings. The van der Waals surface area contributed by atoms with E-state index in [-0.39, 0.29) is 11.6 Å². The van der Waals surface area contributed by atoms with Gasteiger partial charge in [0, 0.05) is 11.6 Å². The fraction of sp³-hybridized carbons (Fsp3) is 0.143. The second kappa shape index (κ2) is 8.12. The molecule has 0 aliphatic rings. The molecule has 1 atom stereocenters. The zero-order valence-corrected chi connectivity index (χ0v) is 15.0. The van der Waals surface area contributed by atoms with E-state index in [0.717, 1.165) is 35.5 Å². The number of alkyl halides is 3. The van der Waals surface area contributed by atoms with Crippen LogP contribution in [0.5, 0.6) is 0 Å². The largest absolute Gasteiger partial charge is 0.416 e. The number of benzene rings is 2. The van der Waals surface area contributed by atoms with Gasteiger partial charge in [-0.1, -0.05) is 30.3 Å². The molecule has 0 spiro atoms. The minimum absolute atomic E-state index is 0.0792. The molecule has 0 aliphatic heterocycles. The van der Waals surface area contributed by atoms with Crippen molar-refractivity contribution >= 4 is 17.4 Å². The average Bonchev–Trinajstić information content (AvgIpc) is 2.69. The number of hydrogen-bond donors (Lipinski definition) is 2. The van der Waals surface area contributed by atoms with Crippen molar-refractivity contribution in [2.24, 2.45) is 0 Å². The fourth-order valence-corrected chi connectivity index (χ4v) is 2.63. The number of aromatic nitrogens is 1. The lowest BCUT2D eigenvalue weighted by Crippen LogP contribution is -2.14. The summed E-state index contributed by atoms with van der Waals surface area (Å²) in [6.45, 7) is 2.02. The molecule has 0 aliphatic carbocycles. The molecular weight excluding hydrogens is 367 g/mol. The Hall–Kier alpha value is -3.35. The Kier molecular flexibility index (Phi) is 5.63. The van der Waals surface area contributed by atoms with E-state index in [1.807, 2.05) is 37.3 Å². The minimum atomic E-state index is -4.43. The topological polar surface area (TPSA) is 54.0 Å². The van der Waals surface area contributed by atoms with Gasteiger partial charge in [-0.2, -0.15) is 13.2 Å². The van der Waals surface area contributed by atoms with Crippen LogP contribution in [-0.2, 0) is 6.18 Å². The Labute approximate surface area is 160 Å². The quantitative estimate of drug-likeness (QED) is 0.608. The number of rotatable bonds is 5. The van der Waals surface area contributed by atoms with E-state index in [2.05, 4.69) is 15.6 Å². The number of carbonyl (C=O) groups is 1. The highest BCUT2D eigenvalue weighted by molar-refractivity contribution is 6.03. The predicted octanol–water partition coefficient (Wildman–Crippen LogP) is 5.53. The molecule has 0 bridgehead atoms. The van der Waals surface area contributed by atoms with Crippen LogP contribution in [0.4, 0.5) is 24.7 Å². The number of carbonyl (C=O) groups excluding carboxylic acids is 1. The number of halogens is 3. The molecule has 3 aromatic rings. The SMILES string of the molecule is CC(Nc1ccc(NC(=O)c2ccc(C(F)(F)F)cc2)nc1)c1ccccc1. The van der Waals surface area contributed by atoms with E-state index in [4.69, 9.17) is 0 Å². The Morgan fingerprint density at radius 2 is 1.64 bits per heavy atom. The smallest absolute Gasteiger partial charge is 0.377 e. The summed E-state index contributed by atoms with van der Waals surface area (Å²) in [4.78, 5) is 16.3. The second-order valence-electron chi connectivity index (χ2n) is 6.24. The molecule has 1 aromatic heterocycles.